The minimum absolute atomic E-state index is 0.0341. The van der Waals surface area contributed by atoms with Gasteiger partial charge < -0.3 is 5.32 Å². The Kier molecular flexibility index (Phi) is 5.53. The predicted octanol–water partition coefficient (Wildman–Crippen LogP) is 2.16. The molecule has 3 N–H and O–H groups in total. The van der Waals surface area contributed by atoms with Crippen LogP contribution < -0.4 is 15.5 Å². The maximum Gasteiger partial charge on any atom is 0.344 e. The van der Waals surface area contributed by atoms with E-state index in [1.165, 1.54) is 24.3 Å². The van der Waals surface area contributed by atoms with Gasteiger partial charge in [-0.25, -0.2) is 13.2 Å². The van der Waals surface area contributed by atoms with Gasteiger partial charge >= 0.3 is 6.03 Å². The van der Waals surface area contributed by atoms with Crippen LogP contribution in [0.4, 0.5) is 10.5 Å². The number of aryl methyl sites for hydroxylation is 1. The highest BCUT2D eigenvalue weighted by molar-refractivity contribution is 7.92. The van der Waals surface area contributed by atoms with Gasteiger partial charge in [-0.15, -0.1) is 0 Å². The molecule has 0 bridgehead atoms. The topological polar surface area (TPSA) is 125 Å². The number of hydrogen-bond acceptors (Lipinski definition) is 5. The van der Waals surface area contributed by atoms with Crippen LogP contribution in [0.1, 0.15) is 36.2 Å². The lowest BCUT2D eigenvalue weighted by atomic mass is 10.00. The van der Waals surface area contributed by atoms with E-state index in [0.29, 0.717) is 17.1 Å². The predicted molar refractivity (Wildman–Crippen MR) is 110 cm³/mol. The van der Waals surface area contributed by atoms with Gasteiger partial charge in [-0.3, -0.25) is 19.7 Å². The Hall–Kier alpha value is -3.40. The molecule has 0 aromatic heterocycles. The minimum atomic E-state index is -3.84. The van der Waals surface area contributed by atoms with Crippen molar-refractivity contribution in [2.45, 2.75) is 37.6 Å². The van der Waals surface area contributed by atoms with Crippen LogP contribution in [0.2, 0.25) is 0 Å². The van der Waals surface area contributed by atoms with Gasteiger partial charge in [0.05, 0.1) is 4.90 Å². The van der Waals surface area contributed by atoms with E-state index in [1.54, 1.807) is 38.1 Å². The van der Waals surface area contributed by atoms with Crippen molar-refractivity contribution in [3.8, 4) is 0 Å². The number of urea groups is 1. The van der Waals surface area contributed by atoms with Gasteiger partial charge in [0, 0.05) is 11.3 Å². The summed E-state index contributed by atoms with van der Waals surface area (Å²) in [6, 6.07) is 11.3. The van der Waals surface area contributed by atoms with Gasteiger partial charge in [0.25, 0.3) is 21.8 Å². The van der Waals surface area contributed by atoms with Gasteiger partial charge in [0.1, 0.15) is 5.54 Å². The molecule has 30 heavy (non-hydrogen) atoms. The fraction of sp³-hybridized carbons (Fsp3) is 0.250. The highest BCUT2D eigenvalue weighted by Gasteiger charge is 2.47. The summed E-state index contributed by atoms with van der Waals surface area (Å²) in [4.78, 5) is 36.7. The molecule has 0 saturated carbocycles. The summed E-state index contributed by atoms with van der Waals surface area (Å²) in [5.74, 6) is -1.28. The molecule has 0 radical (unpaired) electrons. The number of amides is 4. The third-order valence-corrected chi connectivity index (χ3v) is 6.31. The third-order valence-electron chi connectivity index (χ3n) is 4.91. The standard InChI is InChI=1S/C20H22N4O5S/c1-4-20(3)18(26)24(19(27)21-20)22-17(25)14-7-11-16(12-8-14)30(28,29)23-15-9-5-13(2)6-10-15/h5-12,23H,4H2,1-3H3,(H,21,27)(H,22,25)/t20-/m0/s1. The molecule has 1 fully saturated rings. The number of carbonyl (C=O) groups is 3. The Bertz CT molecular complexity index is 1100. The highest BCUT2D eigenvalue weighted by Crippen LogP contribution is 2.20. The van der Waals surface area contributed by atoms with E-state index in [2.05, 4.69) is 15.5 Å². The van der Waals surface area contributed by atoms with E-state index < -0.39 is 33.4 Å². The molecule has 2 aromatic carbocycles. The van der Waals surface area contributed by atoms with Crippen molar-refractivity contribution in [2.24, 2.45) is 0 Å². The molecule has 3 rings (SSSR count). The third kappa shape index (κ3) is 4.13. The average Bonchev–Trinajstić information content (AvgIpc) is 2.93. The average molecular weight is 430 g/mol. The van der Waals surface area contributed by atoms with Crippen molar-refractivity contribution in [2.75, 3.05) is 4.72 Å². The summed E-state index contributed by atoms with van der Waals surface area (Å²) in [7, 11) is -3.84. The number of nitrogens with zero attached hydrogens (tertiary/aromatic N) is 1. The zero-order valence-corrected chi connectivity index (χ0v) is 17.5. The van der Waals surface area contributed by atoms with Crippen LogP contribution >= 0.6 is 0 Å². The zero-order chi connectivity index (χ0) is 22.1. The minimum Gasteiger partial charge on any atom is -0.322 e. The molecule has 1 heterocycles. The van der Waals surface area contributed by atoms with Crippen LogP contribution in [0.3, 0.4) is 0 Å². The van der Waals surface area contributed by atoms with Crippen LogP contribution in [0, 0.1) is 6.92 Å². The second kappa shape index (κ2) is 7.79. The van der Waals surface area contributed by atoms with Crippen molar-refractivity contribution >= 4 is 33.6 Å². The molecule has 1 aliphatic heterocycles. The summed E-state index contributed by atoms with van der Waals surface area (Å²) in [5, 5.41) is 3.16. The van der Waals surface area contributed by atoms with Crippen LogP contribution in [-0.2, 0) is 14.8 Å². The van der Waals surface area contributed by atoms with Crippen LogP contribution in [0.5, 0.6) is 0 Å². The molecule has 4 amide bonds. The summed E-state index contributed by atoms with van der Waals surface area (Å²) < 4.78 is 27.5. The number of nitrogens with one attached hydrogen (secondary N) is 3. The molecule has 1 saturated heterocycles. The normalized spacial score (nSPS) is 18.8. The molecular formula is C20H22N4O5S. The molecule has 0 aliphatic carbocycles. The van der Waals surface area contributed by atoms with Crippen molar-refractivity contribution in [1.29, 1.82) is 0 Å². The monoisotopic (exact) mass is 430 g/mol. The molecular weight excluding hydrogens is 408 g/mol. The number of anilines is 1. The Morgan fingerprint density at radius 3 is 2.20 bits per heavy atom. The van der Waals surface area contributed by atoms with E-state index in [1.807, 2.05) is 6.92 Å². The van der Waals surface area contributed by atoms with Gasteiger partial charge in [-0.1, -0.05) is 24.6 Å². The first-order valence-corrected chi connectivity index (χ1v) is 10.7. The fourth-order valence-electron chi connectivity index (χ4n) is 2.81. The Morgan fingerprint density at radius 2 is 1.67 bits per heavy atom. The Balaban J connectivity index is 1.72. The SMILES string of the molecule is CC[C@]1(C)NC(=O)N(NC(=O)c2ccc(S(=O)(=O)Nc3ccc(C)cc3)cc2)C1=O. The first-order valence-electron chi connectivity index (χ1n) is 9.23. The summed E-state index contributed by atoms with van der Waals surface area (Å²) in [5.41, 5.74) is 2.68. The lowest BCUT2D eigenvalue weighted by molar-refractivity contribution is -0.132. The van der Waals surface area contributed by atoms with Crippen LogP contribution in [-0.4, -0.2) is 36.8 Å². The van der Waals surface area contributed by atoms with E-state index in [-0.39, 0.29) is 10.5 Å². The molecule has 0 spiro atoms. The van der Waals surface area contributed by atoms with Crippen molar-refractivity contribution in [3.05, 3.63) is 59.7 Å². The first kappa shape index (κ1) is 21.3. The molecule has 2 aromatic rings. The molecule has 158 valence electrons. The zero-order valence-electron chi connectivity index (χ0n) is 16.7. The van der Waals surface area contributed by atoms with E-state index in [4.69, 9.17) is 0 Å². The fourth-order valence-corrected chi connectivity index (χ4v) is 3.87. The lowest BCUT2D eigenvalue weighted by Gasteiger charge is -2.19. The molecule has 10 heteroatoms. The number of hydrazine groups is 1. The Labute approximate surface area is 174 Å². The first-order chi connectivity index (χ1) is 14.1. The van der Waals surface area contributed by atoms with Crippen molar-refractivity contribution < 1.29 is 22.8 Å². The van der Waals surface area contributed by atoms with Crippen LogP contribution in [0.15, 0.2) is 53.4 Å². The smallest absolute Gasteiger partial charge is 0.322 e. The largest absolute Gasteiger partial charge is 0.344 e. The number of benzene rings is 2. The maximum atomic E-state index is 12.5. The summed E-state index contributed by atoms with van der Waals surface area (Å²) in [6.45, 7) is 5.21. The maximum absolute atomic E-state index is 12.5. The quantitative estimate of drug-likeness (QED) is 0.606. The second-order valence-electron chi connectivity index (χ2n) is 7.19. The van der Waals surface area contributed by atoms with E-state index >= 15 is 0 Å². The lowest BCUT2D eigenvalue weighted by Crippen LogP contribution is -2.48. The number of carbonyl (C=O) groups excluding carboxylic acids is 3. The number of rotatable bonds is 6. The van der Waals surface area contributed by atoms with E-state index in [9.17, 15) is 22.8 Å². The van der Waals surface area contributed by atoms with Crippen LogP contribution in [0.25, 0.3) is 0 Å². The van der Waals surface area contributed by atoms with Gasteiger partial charge in [0.15, 0.2) is 0 Å². The summed E-state index contributed by atoms with van der Waals surface area (Å²) >= 11 is 0. The molecule has 9 nitrogen and oxygen atoms in total. The highest BCUT2D eigenvalue weighted by atomic mass is 32.2. The number of hydrogen-bond donors (Lipinski definition) is 3. The number of sulfonamides is 1. The summed E-state index contributed by atoms with van der Waals surface area (Å²) in [6.07, 6.45) is 0.366. The number of imide groups is 1. The molecule has 1 atom stereocenters. The van der Waals surface area contributed by atoms with Crippen molar-refractivity contribution in [3.63, 3.8) is 0 Å². The molecule has 1 aliphatic rings. The van der Waals surface area contributed by atoms with Gasteiger partial charge in [-0.05, 0) is 56.7 Å². The van der Waals surface area contributed by atoms with Gasteiger partial charge in [-0.2, -0.15) is 5.01 Å². The van der Waals surface area contributed by atoms with Gasteiger partial charge in [0.2, 0.25) is 0 Å². The Morgan fingerprint density at radius 1 is 1.07 bits per heavy atom. The van der Waals surface area contributed by atoms with E-state index in [0.717, 1.165) is 5.56 Å². The second-order valence-corrected chi connectivity index (χ2v) is 8.88. The molecule has 0 unspecified atom stereocenters. The van der Waals surface area contributed by atoms with Crippen molar-refractivity contribution in [1.82, 2.24) is 15.8 Å².